The van der Waals surface area contributed by atoms with Crippen LogP contribution in [0.15, 0.2) is 35.5 Å². The predicted octanol–water partition coefficient (Wildman–Crippen LogP) is 4.76. The Balaban J connectivity index is 1.47. The van der Waals surface area contributed by atoms with Crippen LogP contribution in [0.3, 0.4) is 0 Å². The molecule has 0 unspecified atom stereocenters. The Hall–Kier alpha value is -2.41. The van der Waals surface area contributed by atoms with Crippen LogP contribution in [-0.2, 0) is 13.1 Å². The predicted molar refractivity (Wildman–Crippen MR) is 112 cm³/mol. The second-order valence-corrected chi connectivity index (χ2v) is 8.51. The van der Waals surface area contributed by atoms with Crippen molar-refractivity contribution >= 4 is 17.5 Å². The Labute approximate surface area is 174 Å². The van der Waals surface area contributed by atoms with Crippen molar-refractivity contribution in [2.24, 2.45) is 0 Å². The number of aromatic nitrogens is 4. The van der Waals surface area contributed by atoms with Gasteiger partial charge in [-0.2, -0.15) is 0 Å². The molecule has 0 spiro atoms. The minimum Gasteiger partial charge on any atom is -0.344 e. The number of halogens is 1. The quantitative estimate of drug-likeness (QED) is 0.396. The largest absolute Gasteiger partial charge is 0.344 e. The highest BCUT2D eigenvalue weighted by Crippen LogP contribution is 2.40. The third kappa shape index (κ3) is 4.15. The summed E-state index contributed by atoms with van der Waals surface area (Å²) in [5.74, 6) is 1.78. The highest BCUT2D eigenvalue weighted by Gasteiger charge is 2.30. The first-order valence-corrected chi connectivity index (χ1v) is 11.0. The Bertz CT molecular complexity index is 1030. The number of carbonyl (C=O) groups excluding carboxylic acids is 1. The van der Waals surface area contributed by atoms with Crippen LogP contribution in [0.5, 0.6) is 0 Å². The van der Waals surface area contributed by atoms with Crippen LogP contribution in [0, 0.1) is 19.7 Å². The van der Waals surface area contributed by atoms with E-state index in [2.05, 4.69) is 26.3 Å². The van der Waals surface area contributed by atoms with Gasteiger partial charge in [-0.05, 0) is 57.4 Å². The van der Waals surface area contributed by atoms with Crippen LogP contribution < -0.4 is 0 Å². The molecule has 1 aromatic carbocycles. The van der Waals surface area contributed by atoms with Crippen LogP contribution in [-0.4, -0.2) is 30.9 Å². The Morgan fingerprint density at radius 3 is 2.55 bits per heavy atom. The van der Waals surface area contributed by atoms with Crippen molar-refractivity contribution in [1.29, 1.82) is 0 Å². The standard InChI is InChI=1S/C22H25FN4OS/c1-4-26-21(17-7-8-17)24-25-22(26)29-13-20(28)19-11-14(2)27(15(19)3)12-16-5-9-18(23)10-6-16/h5-6,9-11,17H,4,7-8,12-13H2,1-3H3. The summed E-state index contributed by atoms with van der Waals surface area (Å²) in [6.07, 6.45) is 2.36. The van der Waals surface area contributed by atoms with Crippen LogP contribution >= 0.6 is 11.8 Å². The SMILES string of the molecule is CCn1c(SCC(=O)c2cc(C)n(Cc3ccc(F)cc3)c2C)nnc1C1CC1. The summed E-state index contributed by atoms with van der Waals surface area (Å²) in [5.41, 5.74) is 3.70. The summed E-state index contributed by atoms with van der Waals surface area (Å²) in [5, 5.41) is 9.47. The lowest BCUT2D eigenvalue weighted by Gasteiger charge is -2.10. The summed E-state index contributed by atoms with van der Waals surface area (Å²) in [4.78, 5) is 12.9. The lowest BCUT2D eigenvalue weighted by Crippen LogP contribution is -2.08. The molecular weight excluding hydrogens is 387 g/mol. The van der Waals surface area contributed by atoms with Gasteiger partial charge in [0.05, 0.1) is 5.75 Å². The summed E-state index contributed by atoms with van der Waals surface area (Å²) in [6, 6.07) is 8.43. The molecule has 0 amide bonds. The average Bonchev–Trinajstić information content (AvgIpc) is 3.42. The van der Waals surface area contributed by atoms with Gasteiger partial charge >= 0.3 is 0 Å². The van der Waals surface area contributed by atoms with Crippen molar-refractivity contribution in [3.8, 4) is 0 Å². The summed E-state index contributed by atoms with van der Waals surface area (Å²) in [6.45, 7) is 7.49. The number of Topliss-reactive ketones (excluding diaryl/α,β-unsaturated/α-hetero) is 1. The molecule has 0 atom stereocenters. The van der Waals surface area contributed by atoms with Gasteiger partial charge in [-0.15, -0.1) is 10.2 Å². The van der Waals surface area contributed by atoms with E-state index in [0.29, 0.717) is 18.2 Å². The Morgan fingerprint density at radius 1 is 1.17 bits per heavy atom. The molecular formula is C22H25FN4OS. The number of ketones is 1. The zero-order valence-electron chi connectivity index (χ0n) is 17.0. The molecule has 1 aliphatic carbocycles. The smallest absolute Gasteiger partial charge is 0.191 e. The van der Waals surface area contributed by atoms with Crippen molar-refractivity contribution in [1.82, 2.24) is 19.3 Å². The lowest BCUT2D eigenvalue weighted by atomic mass is 10.2. The molecule has 0 saturated heterocycles. The molecule has 3 aromatic rings. The van der Waals surface area contributed by atoms with Crippen molar-refractivity contribution in [2.75, 3.05) is 5.75 Å². The van der Waals surface area contributed by atoms with Gasteiger partial charge in [0.2, 0.25) is 0 Å². The number of nitrogens with zero attached hydrogens (tertiary/aromatic N) is 4. The first-order valence-electron chi connectivity index (χ1n) is 9.98. The second kappa shape index (κ2) is 8.14. The topological polar surface area (TPSA) is 52.7 Å². The second-order valence-electron chi connectivity index (χ2n) is 7.57. The number of carbonyl (C=O) groups is 1. The number of rotatable bonds is 8. The molecule has 5 nitrogen and oxygen atoms in total. The van der Waals surface area contributed by atoms with E-state index >= 15 is 0 Å². The molecule has 7 heteroatoms. The molecule has 4 rings (SSSR count). The van der Waals surface area contributed by atoms with E-state index in [1.807, 2.05) is 19.9 Å². The maximum absolute atomic E-state index is 13.2. The molecule has 1 fully saturated rings. The van der Waals surface area contributed by atoms with E-state index in [9.17, 15) is 9.18 Å². The monoisotopic (exact) mass is 412 g/mol. The van der Waals surface area contributed by atoms with Gasteiger partial charge in [0.15, 0.2) is 10.9 Å². The molecule has 2 aromatic heterocycles. The van der Waals surface area contributed by atoms with Crippen LogP contribution in [0.1, 0.15) is 58.8 Å². The van der Waals surface area contributed by atoms with Gasteiger partial charge in [0.25, 0.3) is 0 Å². The van der Waals surface area contributed by atoms with Crippen LogP contribution in [0.2, 0.25) is 0 Å². The number of hydrogen-bond donors (Lipinski definition) is 0. The molecule has 29 heavy (non-hydrogen) atoms. The minimum atomic E-state index is -0.243. The van der Waals surface area contributed by atoms with E-state index in [4.69, 9.17) is 0 Å². The fourth-order valence-electron chi connectivity index (χ4n) is 3.65. The fourth-order valence-corrected chi connectivity index (χ4v) is 4.55. The average molecular weight is 413 g/mol. The van der Waals surface area contributed by atoms with Gasteiger partial charge < -0.3 is 9.13 Å². The number of thioether (sulfide) groups is 1. The Morgan fingerprint density at radius 2 is 1.90 bits per heavy atom. The molecule has 1 aliphatic rings. The summed E-state index contributed by atoms with van der Waals surface area (Å²) >= 11 is 1.46. The van der Waals surface area contributed by atoms with Crippen molar-refractivity contribution in [2.45, 2.75) is 57.8 Å². The molecule has 0 bridgehead atoms. The first-order chi connectivity index (χ1) is 14.0. The highest BCUT2D eigenvalue weighted by molar-refractivity contribution is 7.99. The number of aryl methyl sites for hydroxylation is 1. The fraction of sp³-hybridized carbons (Fsp3) is 0.409. The molecule has 152 valence electrons. The molecule has 0 radical (unpaired) electrons. The van der Waals surface area contributed by atoms with E-state index in [1.54, 1.807) is 12.1 Å². The normalized spacial score (nSPS) is 13.8. The number of benzene rings is 1. The van der Waals surface area contributed by atoms with E-state index in [1.165, 1.54) is 36.7 Å². The first kappa shape index (κ1) is 19.9. The third-order valence-corrected chi connectivity index (χ3v) is 6.43. The van der Waals surface area contributed by atoms with E-state index in [-0.39, 0.29) is 11.6 Å². The lowest BCUT2D eigenvalue weighted by molar-refractivity contribution is 0.102. The molecule has 0 N–H and O–H groups in total. The van der Waals surface area contributed by atoms with Gasteiger partial charge in [-0.1, -0.05) is 23.9 Å². The molecule has 2 heterocycles. The summed E-state index contributed by atoms with van der Waals surface area (Å²) in [7, 11) is 0. The zero-order chi connectivity index (χ0) is 20.5. The highest BCUT2D eigenvalue weighted by atomic mass is 32.2. The van der Waals surface area contributed by atoms with Gasteiger partial charge in [-0.25, -0.2) is 4.39 Å². The third-order valence-electron chi connectivity index (χ3n) is 5.46. The minimum absolute atomic E-state index is 0.0899. The van der Waals surface area contributed by atoms with Crippen molar-refractivity contribution < 1.29 is 9.18 Å². The van der Waals surface area contributed by atoms with Gasteiger partial charge in [-0.3, -0.25) is 4.79 Å². The number of hydrogen-bond acceptors (Lipinski definition) is 4. The Kier molecular flexibility index (Phi) is 5.58. The van der Waals surface area contributed by atoms with E-state index < -0.39 is 0 Å². The van der Waals surface area contributed by atoms with Crippen LogP contribution in [0.25, 0.3) is 0 Å². The maximum atomic E-state index is 13.2. The molecule has 1 saturated carbocycles. The zero-order valence-corrected chi connectivity index (χ0v) is 17.8. The van der Waals surface area contributed by atoms with Gasteiger partial charge in [0, 0.05) is 36.0 Å². The van der Waals surface area contributed by atoms with Gasteiger partial charge in [0.1, 0.15) is 11.6 Å². The van der Waals surface area contributed by atoms with Crippen molar-refractivity contribution in [3.63, 3.8) is 0 Å². The molecule has 0 aliphatic heterocycles. The maximum Gasteiger partial charge on any atom is 0.191 e. The van der Waals surface area contributed by atoms with Crippen molar-refractivity contribution in [3.05, 3.63) is 64.5 Å². The van der Waals surface area contributed by atoms with Crippen LogP contribution in [0.4, 0.5) is 4.39 Å². The van der Waals surface area contributed by atoms with E-state index in [0.717, 1.165) is 40.0 Å². The summed E-state index contributed by atoms with van der Waals surface area (Å²) < 4.78 is 17.4.